The molecule has 1 heterocycles. The van der Waals surface area contributed by atoms with Crippen molar-refractivity contribution in [2.24, 2.45) is 4.99 Å². The summed E-state index contributed by atoms with van der Waals surface area (Å²) in [6.45, 7) is 2.76. The summed E-state index contributed by atoms with van der Waals surface area (Å²) in [5, 5.41) is 6.56. The maximum atomic E-state index is 12.1. The summed E-state index contributed by atoms with van der Waals surface area (Å²) in [6.07, 6.45) is 5.69. The van der Waals surface area contributed by atoms with E-state index in [1.165, 1.54) is 6.34 Å². The number of aromatic amines is 1. The summed E-state index contributed by atoms with van der Waals surface area (Å²) >= 11 is 5.91. The van der Waals surface area contributed by atoms with Gasteiger partial charge in [0.25, 0.3) is 5.91 Å². The monoisotopic (exact) mass is 381 g/mol. The van der Waals surface area contributed by atoms with E-state index in [1.54, 1.807) is 30.6 Å². The second-order valence-electron chi connectivity index (χ2n) is 6.02. The molecule has 0 spiro atoms. The topological polar surface area (TPSA) is 82.2 Å². The minimum Gasteiger partial charge on any atom is -0.383 e. The number of nitrogens with one attached hydrogen (secondary N) is 3. The number of nitrogens with zero attached hydrogens (tertiary/aromatic N) is 2. The minimum atomic E-state index is -0.262. The van der Waals surface area contributed by atoms with Crippen LogP contribution in [0.15, 0.2) is 60.0 Å². The van der Waals surface area contributed by atoms with Crippen molar-refractivity contribution in [1.29, 1.82) is 0 Å². The zero-order valence-electron chi connectivity index (χ0n) is 14.9. The molecule has 0 unspecified atom stereocenters. The van der Waals surface area contributed by atoms with E-state index in [4.69, 9.17) is 11.6 Å². The molecule has 0 aliphatic rings. The first-order chi connectivity index (χ1) is 13.1. The van der Waals surface area contributed by atoms with Gasteiger partial charge in [0.1, 0.15) is 0 Å². The molecule has 1 amide bonds. The number of aromatic nitrogens is 2. The lowest BCUT2D eigenvalue weighted by atomic mass is 10.2. The van der Waals surface area contributed by atoms with Crippen molar-refractivity contribution in [2.45, 2.75) is 13.3 Å². The van der Waals surface area contributed by atoms with E-state index >= 15 is 0 Å². The Morgan fingerprint density at radius 3 is 2.96 bits per heavy atom. The largest absolute Gasteiger partial charge is 0.383 e. The Balaban J connectivity index is 1.63. The molecule has 2 aromatic carbocycles. The second kappa shape index (κ2) is 9.00. The molecule has 0 aliphatic carbocycles. The molecule has 3 aromatic rings. The summed E-state index contributed by atoms with van der Waals surface area (Å²) < 4.78 is 0. The smallest absolute Gasteiger partial charge is 0.256 e. The highest BCUT2D eigenvalue weighted by Gasteiger charge is 2.05. The van der Waals surface area contributed by atoms with Crippen LogP contribution < -0.4 is 10.6 Å². The van der Waals surface area contributed by atoms with Gasteiger partial charge < -0.3 is 15.6 Å². The van der Waals surface area contributed by atoms with Crippen LogP contribution in [0.5, 0.6) is 0 Å². The summed E-state index contributed by atoms with van der Waals surface area (Å²) in [6, 6.07) is 12.7. The summed E-state index contributed by atoms with van der Waals surface area (Å²) in [4.78, 5) is 23.6. The number of hydrogen-bond acceptors (Lipinski definition) is 4. The molecule has 138 valence electrons. The zero-order chi connectivity index (χ0) is 19.1. The van der Waals surface area contributed by atoms with E-state index in [2.05, 4.69) is 25.6 Å². The van der Waals surface area contributed by atoms with Crippen LogP contribution >= 0.6 is 11.6 Å². The number of aliphatic imine (C=N–C) groups is 1. The summed E-state index contributed by atoms with van der Waals surface area (Å²) in [7, 11) is 0. The van der Waals surface area contributed by atoms with Gasteiger partial charge in [0.2, 0.25) is 0 Å². The number of rotatable bonds is 7. The minimum absolute atomic E-state index is 0.262. The Morgan fingerprint density at radius 1 is 1.30 bits per heavy atom. The lowest BCUT2D eigenvalue weighted by Crippen LogP contribution is -2.21. The van der Waals surface area contributed by atoms with Crippen LogP contribution in [-0.2, 0) is 6.42 Å². The van der Waals surface area contributed by atoms with E-state index in [0.29, 0.717) is 10.6 Å². The third kappa shape index (κ3) is 5.43. The predicted molar refractivity (Wildman–Crippen MR) is 109 cm³/mol. The van der Waals surface area contributed by atoms with Gasteiger partial charge in [-0.15, -0.1) is 0 Å². The SMILES string of the molecule is Cc1ccc(N=CNC(=O)c2cccc(Cl)c2)c(NCCc2cnc[nH]2)c1. The molecule has 0 saturated carbocycles. The fourth-order valence-corrected chi connectivity index (χ4v) is 2.72. The number of H-pyrrole nitrogens is 1. The molecule has 0 aliphatic heterocycles. The van der Waals surface area contributed by atoms with Crippen molar-refractivity contribution in [3.05, 3.63) is 76.8 Å². The fraction of sp³-hybridized carbons (Fsp3) is 0.150. The summed E-state index contributed by atoms with van der Waals surface area (Å²) in [5.74, 6) is -0.262. The number of imidazole rings is 1. The number of amides is 1. The maximum absolute atomic E-state index is 12.1. The highest BCUT2D eigenvalue weighted by Crippen LogP contribution is 2.25. The van der Waals surface area contributed by atoms with Crippen LogP contribution in [0.1, 0.15) is 21.6 Å². The van der Waals surface area contributed by atoms with Gasteiger partial charge in [0.05, 0.1) is 24.0 Å². The molecule has 0 bridgehead atoms. The molecular weight excluding hydrogens is 362 g/mol. The van der Waals surface area contributed by atoms with Crippen molar-refractivity contribution < 1.29 is 4.79 Å². The van der Waals surface area contributed by atoms with Gasteiger partial charge in [-0.05, 0) is 42.8 Å². The summed E-state index contributed by atoms with van der Waals surface area (Å²) in [5.41, 5.74) is 4.32. The van der Waals surface area contributed by atoms with E-state index in [1.807, 2.05) is 31.3 Å². The number of carbonyl (C=O) groups excluding carboxylic acids is 1. The van der Waals surface area contributed by atoms with Gasteiger partial charge in [-0.1, -0.05) is 23.7 Å². The van der Waals surface area contributed by atoms with E-state index < -0.39 is 0 Å². The first-order valence-corrected chi connectivity index (χ1v) is 8.90. The molecule has 0 saturated heterocycles. The van der Waals surface area contributed by atoms with Crippen LogP contribution in [0.25, 0.3) is 0 Å². The quantitative estimate of drug-likeness (QED) is 0.425. The average Bonchev–Trinajstić information content (AvgIpc) is 3.17. The Hall–Kier alpha value is -3.12. The van der Waals surface area contributed by atoms with Crippen molar-refractivity contribution in [3.63, 3.8) is 0 Å². The number of benzene rings is 2. The van der Waals surface area contributed by atoms with Gasteiger partial charge in [0, 0.05) is 35.4 Å². The van der Waals surface area contributed by atoms with Gasteiger partial charge in [0.15, 0.2) is 0 Å². The number of carbonyl (C=O) groups is 1. The molecule has 3 rings (SSSR count). The number of anilines is 1. The molecule has 6 nitrogen and oxygen atoms in total. The molecule has 27 heavy (non-hydrogen) atoms. The van der Waals surface area contributed by atoms with Crippen molar-refractivity contribution in [1.82, 2.24) is 15.3 Å². The molecular formula is C20H20ClN5O. The number of aryl methyl sites for hydroxylation is 1. The van der Waals surface area contributed by atoms with Crippen LogP contribution in [0.4, 0.5) is 11.4 Å². The van der Waals surface area contributed by atoms with Gasteiger partial charge >= 0.3 is 0 Å². The molecule has 1 aromatic heterocycles. The Bertz CT molecular complexity index is 937. The predicted octanol–water partition coefficient (Wildman–Crippen LogP) is 4.12. The first-order valence-electron chi connectivity index (χ1n) is 8.52. The second-order valence-corrected chi connectivity index (χ2v) is 6.45. The van der Waals surface area contributed by atoms with Crippen molar-refractivity contribution in [3.8, 4) is 0 Å². The van der Waals surface area contributed by atoms with Gasteiger partial charge in [-0.2, -0.15) is 0 Å². The van der Waals surface area contributed by atoms with Crippen LogP contribution in [0, 0.1) is 6.92 Å². The average molecular weight is 382 g/mol. The van der Waals surface area contributed by atoms with Crippen molar-refractivity contribution in [2.75, 3.05) is 11.9 Å². The van der Waals surface area contributed by atoms with Crippen LogP contribution in [0.2, 0.25) is 5.02 Å². The third-order valence-corrected chi connectivity index (χ3v) is 4.14. The van der Waals surface area contributed by atoms with Crippen LogP contribution in [-0.4, -0.2) is 28.8 Å². The standard InChI is InChI=1S/C20H20ClN5O/c1-14-5-6-18(19(9-14)23-8-7-17-11-22-12-24-17)25-13-26-20(27)15-3-2-4-16(21)10-15/h2-6,9-13,23H,7-8H2,1H3,(H,22,24)(H,25,26,27). The molecule has 0 atom stereocenters. The fourth-order valence-electron chi connectivity index (χ4n) is 2.53. The third-order valence-electron chi connectivity index (χ3n) is 3.90. The Kier molecular flexibility index (Phi) is 6.22. The Labute approximate surface area is 162 Å². The molecule has 0 fully saturated rings. The maximum Gasteiger partial charge on any atom is 0.256 e. The van der Waals surface area contributed by atoms with Crippen LogP contribution in [0.3, 0.4) is 0 Å². The number of halogens is 1. The molecule has 7 heteroatoms. The van der Waals surface area contributed by atoms with E-state index in [9.17, 15) is 4.79 Å². The highest BCUT2D eigenvalue weighted by atomic mass is 35.5. The lowest BCUT2D eigenvalue weighted by Gasteiger charge is -2.10. The number of hydrogen-bond donors (Lipinski definition) is 3. The van der Waals surface area contributed by atoms with Crippen molar-refractivity contribution >= 4 is 35.2 Å². The first kappa shape index (κ1) is 18.7. The molecule has 3 N–H and O–H groups in total. The lowest BCUT2D eigenvalue weighted by molar-refractivity contribution is 0.0978. The highest BCUT2D eigenvalue weighted by molar-refractivity contribution is 6.31. The zero-order valence-corrected chi connectivity index (χ0v) is 15.6. The van der Waals surface area contributed by atoms with Gasteiger partial charge in [-0.3, -0.25) is 4.79 Å². The normalized spacial score (nSPS) is 10.9. The molecule has 0 radical (unpaired) electrons. The van der Waals surface area contributed by atoms with E-state index in [-0.39, 0.29) is 5.91 Å². The van der Waals surface area contributed by atoms with Gasteiger partial charge in [-0.25, -0.2) is 9.98 Å². The Morgan fingerprint density at radius 2 is 2.19 bits per heavy atom. The van der Waals surface area contributed by atoms with E-state index in [0.717, 1.165) is 35.6 Å².